The van der Waals surface area contributed by atoms with E-state index in [1.165, 1.54) is 7.11 Å². The van der Waals surface area contributed by atoms with Gasteiger partial charge in [0.05, 0.1) is 12.9 Å². The Morgan fingerprint density at radius 3 is 2.94 bits per heavy atom. The molecule has 0 spiro atoms. The summed E-state index contributed by atoms with van der Waals surface area (Å²) in [5.74, 6) is 0.644. The van der Waals surface area contributed by atoms with Crippen LogP contribution in [0.15, 0.2) is 24.3 Å². The van der Waals surface area contributed by atoms with Crippen molar-refractivity contribution in [1.82, 2.24) is 5.32 Å². The van der Waals surface area contributed by atoms with E-state index in [0.29, 0.717) is 11.4 Å². The Kier molecular flexibility index (Phi) is 5.44. The standard InChI is InChI=1S/C10H14N2O4S/c1-16-9-4-2-3-8(7-9)12-10(13)11-5-6-17(14)15/h2-4,7H,5-6H2,1H3,(H,14,15)(H2,11,12,13). The summed E-state index contributed by atoms with van der Waals surface area (Å²) in [5, 5.41) is 5.04. The number of anilines is 1. The molecule has 0 saturated heterocycles. The highest BCUT2D eigenvalue weighted by atomic mass is 32.2. The molecular formula is C10H14N2O4S. The Morgan fingerprint density at radius 1 is 1.53 bits per heavy atom. The molecule has 0 aliphatic rings. The van der Waals surface area contributed by atoms with Crippen molar-refractivity contribution in [2.45, 2.75) is 0 Å². The third-order valence-corrected chi connectivity index (χ3v) is 2.44. The molecule has 0 radical (unpaired) electrons. The van der Waals surface area contributed by atoms with Crippen molar-refractivity contribution in [1.29, 1.82) is 0 Å². The topological polar surface area (TPSA) is 87.7 Å². The first kappa shape index (κ1) is 13.5. The van der Waals surface area contributed by atoms with E-state index in [9.17, 15) is 9.00 Å². The average Bonchev–Trinajstić information content (AvgIpc) is 2.28. The molecule has 17 heavy (non-hydrogen) atoms. The lowest BCUT2D eigenvalue weighted by atomic mass is 10.3. The first-order valence-corrected chi connectivity index (χ1v) is 6.16. The van der Waals surface area contributed by atoms with E-state index in [4.69, 9.17) is 9.29 Å². The summed E-state index contributed by atoms with van der Waals surface area (Å²) < 4.78 is 23.9. The number of carbonyl (C=O) groups excluding carboxylic acids is 1. The van der Waals surface area contributed by atoms with Crippen molar-refractivity contribution in [3.63, 3.8) is 0 Å². The number of amides is 2. The van der Waals surface area contributed by atoms with E-state index in [1.54, 1.807) is 24.3 Å². The van der Waals surface area contributed by atoms with Gasteiger partial charge in [0.2, 0.25) is 0 Å². The molecule has 0 heterocycles. The van der Waals surface area contributed by atoms with Gasteiger partial charge in [0.1, 0.15) is 5.75 Å². The first-order valence-electron chi connectivity index (χ1n) is 4.88. The molecule has 0 saturated carbocycles. The predicted octanol–water partition coefficient (Wildman–Crippen LogP) is 1.04. The summed E-state index contributed by atoms with van der Waals surface area (Å²) in [6, 6.07) is 6.47. The van der Waals surface area contributed by atoms with Crippen LogP contribution in [-0.2, 0) is 11.1 Å². The number of benzene rings is 1. The SMILES string of the molecule is COc1cccc(NC(=O)NCCS(=O)O)c1. The van der Waals surface area contributed by atoms with Crippen LogP contribution in [0.3, 0.4) is 0 Å². The summed E-state index contributed by atoms with van der Waals surface area (Å²) >= 11 is -1.90. The van der Waals surface area contributed by atoms with E-state index in [0.717, 1.165) is 0 Å². The van der Waals surface area contributed by atoms with Crippen LogP contribution in [0, 0.1) is 0 Å². The zero-order valence-electron chi connectivity index (χ0n) is 9.30. The molecule has 7 heteroatoms. The Hall–Kier alpha value is -1.60. The average molecular weight is 258 g/mol. The number of nitrogens with one attached hydrogen (secondary N) is 2. The van der Waals surface area contributed by atoms with Crippen molar-refractivity contribution in [2.24, 2.45) is 0 Å². The second-order valence-electron chi connectivity index (χ2n) is 3.14. The Balaban J connectivity index is 2.42. The van der Waals surface area contributed by atoms with Gasteiger partial charge in [0, 0.05) is 18.3 Å². The fraction of sp³-hybridized carbons (Fsp3) is 0.300. The lowest BCUT2D eigenvalue weighted by Gasteiger charge is -2.07. The van der Waals surface area contributed by atoms with E-state index < -0.39 is 17.1 Å². The van der Waals surface area contributed by atoms with Crippen molar-refractivity contribution >= 4 is 22.8 Å². The molecule has 1 unspecified atom stereocenters. The first-order chi connectivity index (χ1) is 8.11. The Bertz CT molecular complexity index is 411. The minimum Gasteiger partial charge on any atom is -0.497 e. The van der Waals surface area contributed by atoms with Gasteiger partial charge in [-0.15, -0.1) is 0 Å². The fourth-order valence-corrected chi connectivity index (χ4v) is 1.40. The van der Waals surface area contributed by atoms with E-state index >= 15 is 0 Å². The molecular weight excluding hydrogens is 244 g/mol. The van der Waals surface area contributed by atoms with Crippen LogP contribution in [-0.4, -0.2) is 34.2 Å². The lowest BCUT2D eigenvalue weighted by Crippen LogP contribution is -2.31. The van der Waals surface area contributed by atoms with Crippen LogP contribution in [0.1, 0.15) is 0 Å². The molecule has 2 amide bonds. The molecule has 6 nitrogen and oxygen atoms in total. The fourth-order valence-electron chi connectivity index (χ4n) is 1.13. The van der Waals surface area contributed by atoms with Gasteiger partial charge in [-0.25, -0.2) is 9.00 Å². The second-order valence-corrected chi connectivity index (χ2v) is 4.19. The summed E-state index contributed by atoms with van der Waals surface area (Å²) in [5.41, 5.74) is 0.590. The number of hydrogen-bond acceptors (Lipinski definition) is 3. The molecule has 1 rings (SSSR count). The lowest BCUT2D eigenvalue weighted by molar-refractivity contribution is 0.252. The number of ether oxygens (including phenoxy) is 1. The highest BCUT2D eigenvalue weighted by molar-refractivity contribution is 7.79. The minimum atomic E-state index is -1.90. The molecule has 1 atom stereocenters. The highest BCUT2D eigenvalue weighted by Gasteiger charge is 2.02. The van der Waals surface area contributed by atoms with Gasteiger partial charge in [0.25, 0.3) is 0 Å². The quantitative estimate of drug-likeness (QED) is 0.688. The Morgan fingerprint density at radius 2 is 2.29 bits per heavy atom. The molecule has 1 aromatic carbocycles. The summed E-state index contributed by atoms with van der Waals surface area (Å²) in [6.45, 7) is 0.138. The van der Waals surface area contributed by atoms with Gasteiger partial charge >= 0.3 is 6.03 Å². The minimum absolute atomic E-state index is 0.00549. The summed E-state index contributed by atoms with van der Waals surface area (Å²) in [7, 11) is 1.54. The van der Waals surface area contributed by atoms with E-state index in [2.05, 4.69) is 10.6 Å². The molecule has 0 aromatic heterocycles. The third-order valence-electron chi connectivity index (χ3n) is 1.89. The largest absolute Gasteiger partial charge is 0.497 e. The van der Waals surface area contributed by atoms with Crippen LogP contribution in [0.4, 0.5) is 10.5 Å². The van der Waals surface area contributed by atoms with Gasteiger partial charge in [-0.05, 0) is 12.1 Å². The summed E-state index contributed by atoms with van der Waals surface area (Å²) in [4.78, 5) is 11.3. The number of hydrogen-bond donors (Lipinski definition) is 3. The highest BCUT2D eigenvalue weighted by Crippen LogP contribution is 2.16. The van der Waals surface area contributed by atoms with Crippen molar-refractivity contribution < 1.29 is 18.3 Å². The molecule has 1 aromatic rings. The molecule has 3 N–H and O–H groups in total. The maximum atomic E-state index is 11.3. The summed E-state index contributed by atoms with van der Waals surface area (Å²) in [6.07, 6.45) is 0. The maximum absolute atomic E-state index is 11.3. The van der Waals surface area contributed by atoms with Gasteiger partial charge in [-0.1, -0.05) is 6.07 Å². The number of urea groups is 1. The maximum Gasteiger partial charge on any atom is 0.319 e. The Labute approximate surface area is 102 Å². The van der Waals surface area contributed by atoms with Gasteiger partial charge < -0.3 is 19.9 Å². The third kappa shape index (κ3) is 5.32. The van der Waals surface area contributed by atoms with E-state index in [-0.39, 0.29) is 12.3 Å². The van der Waals surface area contributed by atoms with Crippen molar-refractivity contribution in [3.05, 3.63) is 24.3 Å². The van der Waals surface area contributed by atoms with Crippen LogP contribution >= 0.6 is 0 Å². The molecule has 0 aliphatic heterocycles. The van der Waals surface area contributed by atoms with Crippen molar-refractivity contribution in [2.75, 3.05) is 24.7 Å². The van der Waals surface area contributed by atoms with Crippen LogP contribution in [0.25, 0.3) is 0 Å². The number of rotatable bonds is 5. The number of methoxy groups -OCH3 is 1. The van der Waals surface area contributed by atoms with Crippen molar-refractivity contribution in [3.8, 4) is 5.75 Å². The van der Waals surface area contributed by atoms with Gasteiger partial charge in [-0.2, -0.15) is 0 Å². The smallest absolute Gasteiger partial charge is 0.319 e. The normalized spacial score (nSPS) is 11.6. The molecule has 94 valence electrons. The predicted molar refractivity (Wildman–Crippen MR) is 65.7 cm³/mol. The van der Waals surface area contributed by atoms with Gasteiger partial charge in [0.15, 0.2) is 11.1 Å². The second kappa shape index (κ2) is 6.87. The van der Waals surface area contributed by atoms with Crippen LogP contribution in [0.5, 0.6) is 5.75 Å². The van der Waals surface area contributed by atoms with E-state index in [1.807, 2.05) is 0 Å². The number of carbonyl (C=O) groups is 1. The monoisotopic (exact) mass is 258 g/mol. The zero-order chi connectivity index (χ0) is 12.7. The zero-order valence-corrected chi connectivity index (χ0v) is 10.1. The molecule has 0 aliphatic carbocycles. The molecule has 0 fully saturated rings. The molecule has 0 bridgehead atoms. The van der Waals surface area contributed by atoms with Crippen LogP contribution < -0.4 is 15.4 Å². The van der Waals surface area contributed by atoms with Gasteiger partial charge in [-0.3, -0.25) is 0 Å². The van der Waals surface area contributed by atoms with Crippen LogP contribution in [0.2, 0.25) is 0 Å².